The molecule has 0 saturated heterocycles. The monoisotopic (exact) mass is 300 g/mol. The third-order valence-electron chi connectivity index (χ3n) is 0.843. The molecule has 2 heteroatoms. The molecule has 0 aromatic heterocycles. The maximum atomic E-state index is 3.72. The molecule has 0 aliphatic heterocycles. The van der Waals surface area contributed by atoms with E-state index in [1.807, 2.05) is 30.3 Å². The van der Waals surface area contributed by atoms with Crippen LogP contribution in [0.2, 0.25) is 0 Å². The Balaban J connectivity index is 0. The van der Waals surface area contributed by atoms with Crippen LogP contribution < -0.4 is 0 Å². The normalized spacial score (nSPS) is 7.09. The Morgan fingerprint density at radius 3 is 1.64 bits per heavy atom. The Bertz CT molecular complexity index is 151. The standard InChI is InChI=1S/C7H7.C2H6N.Ho/c1-7-5-3-2-4-6-7;1-3-2;/h2-6H,1H2;1-2H3;/q2*-1;. The van der Waals surface area contributed by atoms with Gasteiger partial charge in [-0.25, -0.2) is 0 Å². The largest absolute Gasteiger partial charge is 0.668 e. The second kappa shape index (κ2) is 10.3. The fourth-order valence-electron chi connectivity index (χ4n) is 0.478. The number of nitrogens with zero attached hydrogens (tertiary/aromatic N) is 1. The van der Waals surface area contributed by atoms with Crippen molar-refractivity contribution in [3.63, 3.8) is 0 Å². The predicted molar refractivity (Wildman–Crippen MR) is 46.1 cm³/mol. The predicted octanol–water partition coefficient (Wildman–Crippen LogP) is 2.49. The van der Waals surface area contributed by atoms with E-state index in [9.17, 15) is 0 Å². The molecule has 0 aliphatic rings. The van der Waals surface area contributed by atoms with E-state index < -0.39 is 0 Å². The van der Waals surface area contributed by atoms with E-state index >= 15 is 0 Å². The van der Waals surface area contributed by atoms with Gasteiger partial charge in [0.05, 0.1) is 0 Å². The van der Waals surface area contributed by atoms with Crippen molar-refractivity contribution < 1.29 is 37.7 Å². The fraction of sp³-hybridized carbons (Fsp3) is 0.222. The quantitative estimate of drug-likeness (QED) is 0.516. The first-order valence-corrected chi connectivity index (χ1v) is 3.16. The molecule has 1 rings (SSSR count). The van der Waals surface area contributed by atoms with Gasteiger partial charge in [0, 0.05) is 37.7 Å². The van der Waals surface area contributed by atoms with Gasteiger partial charge in [-0.15, -0.1) is 12.1 Å². The Kier molecular flexibility index (Phi) is 13.0. The molecule has 0 aliphatic carbocycles. The zero-order valence-electron chi connectivity index (χ0n) is 6.84. The van der Waals surface area contributed by atoms with Crippen molar-refractivity contribution in [2.45, 2.75) is 0 Å². The van der Waals surface area contributed by atoms with E-state index in [-0.39, 0.29) is 37.7 Å². The number of rotatable bonds is 0. The molecule has 0 fully saturated rings. The van der Waals surface area contributed by atoms with Crippen LogP contribution in [0.1, 0.15) is 5.56 Å². The maximum absolute atomic E-state index is 3.72. The van der Waals surface area contributed by atoms with Gasteiger partial charge in [-0.1, -0.05) is 6.07 Å². The molecule has 0 atom stereocenters. The van der Waals surface area contributed by atoms with Crippen LogP contribution >= 0.6 is 0 Å². The maximum Gasteiger partial charge on any atom is 0 e. The van der Waals surface area contributed by atoms with Crippen LogP contribution in [0.5, 0.6) is 0 Å². The Morgan fingerprint density at radius 1 is 1.09 bits per heavy atom. The second-order valence-electron chi connectivity index (χ2n) is 1.93. The van der Waals surface area contributed by atoms with Gasteiger partial charge in [0.25, 0.3) is 0 Å². The summed E-state index contributed by atoms with van der Waals surface area (Å²) in [6, 6.07) is 9.87. The van der Waals surface area contributed by atoms with Gasteiger partial charge in [0.2, 0.25) is 0 Å². The van der Waals surface area contributed by atoms with E-state index in [1.54, 1.807) is 14.1 Å². The molecule has 0 unspecified atom stereocenters. The Labute approximate surface area is 99.2 Å². The van der Waals surface area contributed by atoms with Gasteiger partial charge in [-0.3, -0.25) is 0 Å². The molecule has 1 radical (unpaired) electrons. The van der Waals surface area contributed by atoms with Gasteiger partial charge in [-0.05, 0) is 0 Å². The fourth-order valence-corrected chi connectivity index (χ4v) is 0.478. The van der Waals surface area contributed by atoms with Crippen molar-refractivity contribution in [3.05, 3.63) is 48.1 Å². The summed E-state index contributed by atoms with van der Waals surface area (Å²) in [6.07, 6.45) is 0. The van der Waals surface area contributed by atoms with E-state index in [0.29, 0.717) is 0 Å². The average molecular weight is 300 g/mol. The van der Waals surface area contributed by atoms with Gasteiger partial charge >= 0.3 is 0 Å². The molecule has 0 spiro atoms. The summed E-state index contributed by atoms with van der Waals surface area (Å²) >= 11 is 0. The number of hydrogen-bond donors (Lipinski definition) is 0. The third kappa shape index (κ3) is 10.3. The molecule has 1 aromatic carbocycles. The van der Waals surface area contributed by atoms with Crippen LogP contribution in [0, 0.1) is 44.7 Å². The van der Waals surface area contributed by atoms with E-state index in [2.05, 4.69) is 12.2 Å². The molecule has 0 amide bonds. The molecule has 0 bridgehead atoms. The SMILES string of the molecule is C[N-]C.[CH2-]c1ccccc1.[Ho]. The average Bonchev–Trinajstić information content (AvgIpc) is 1.91. The van der Waals surface area contributed by atoms with Crippen LogP contribution in [-0.4, -0.2) is 14.1 Å². The van der Waals surface area contributed by atoms with E-state index in [4.69, 9.17) is 0 Å². The zero-order chi connectivity index (χ0) is 7.82. The zero-order valence-corrected chi connectivity index (χ0v) is 8.78. The number of benzene rings is 1. The minimum Gasteiger partial charge on any atom is -0.668 e. The van der Waals surface area contributed by atoms with E-state index in [0.717, 1.165) is 5.56 Å². The Morgan fingerprint density at radius 2 is 1.45 bits per heavy atom. The summed E-state index contributed by atoms with van der Waals surface area (Å²) in [4.78, 5) is 0. The van der Waals surface area contributed by atoms with Crippen LogP contribution in [-0.2, 0) is 0 Å². The second-order valence-corrected chi connectivity index (χ2v) is 1.93. The minimum atomic E-state index is 0. The van der Waals surface area contributed by atoms with Crippen LogP contribution in [0.4, 0.5) is 0 Å². The molecular formula is C9H13HoN-2. The van der Waals surface area contributed by atoms with Gasteiger partial charge < -0.3 is 5.32 Å². The summed E-state index contributed by atoms with van der Waals surface area (Å²) in [5.74, 6) is 0. The first kappa shape index (κ1) is 13.9. The van der Waals surface area contributed by atoms with Gasteiger partial charge in [0.1, 0.15) is 0 Å². The molecule has 0 saturated carbocycles. The molecule has 11 heavy (non-hydrogen) atoms. The van der Waals surface area contributed by atoms with Crippen molar-refractivity contribution in [1.82, 2.24) is 0 Å². The molecule has 1 nitrogen and oxygen atoms in total. The summed E-state index contributed by atoms with van der Waals surface area (Å²) in [7, 11) is 3.50. The topological polar surface area (TPSA) is 14.1 Å². The molecular weight excluding hydrogens is 287 g/mol. The summed E-state index contributed by atoms with van der Waals surface area (Å²) < 4.78 is 0. The minimum absolute atomic E-state index is 0. The van der Waals surface area contributed by atoms with Crippen molar-refractivity contribution >= 4 is 0 Å². The van der Waals surface area contributed by atoms with Crippen LogP contribution in [0.15, 0.2) is 30.3 Å². The molecule has 0 N–H and O–H groups in total. The molecule has 1 aromatic rings. The third-order valence-corrected chi connectivity index (χ3v) is 0.843. The first-order valence-electron chi connectivity index (χ1n) is 3.16. The van der Waals surface area contributed by atoms with Crippen molar-refractivity contribution in [2.24, 2.45) is 0 Å². The van der Waals surface area contributed by atoms with Crippen molar-refractivity contribution in [1.29, 1.82) is 0 Å². The summed E-state index contributed by atoms with van der Waals surface area (Å²) in [5.41, 5.74) is 1.07. The molecule has 0 heterocycles. The van der Waals surface area contributed by atoms with Gasteiger partial charge in [-0.2, -0.15) is 38.7 Å². The van der Waals surface area contributed by atoms with Crippen LogP contribution in [0.25, 0.3) is 5.32 Å². The first-order chi connectivity index (χ1) is 4.81. The molecule has 67 valence electrons. The van der Waals surface area contributed by atoms with Crippen molar-refractivity contribution in [2.75, 3.05) is 14.1 Å². The summed E-state index contributed by atoms with van der Waals surface area (Å²) in [5, 5.41) is 3.50. The van der Waals surface area contributed by atoms with E-state index in [1.165, 1.54) is 0 Å². The Hall–Kier alpha value is 0.310. The smallest absolute Gasteiger partial charge is 0 e. The summed E-state index contributed by atoms with van der Waals surface area (Å²) in [6.45, 7) is 3.72. The van der Waals surface area contributed by atoms with Crippen LogP contribution in [0.3, 0.4) is 0 Å². The van der Waals surface area contributed by atoms with Crippen molar-refractivity contribution in [3.8, 4) is 0 Å². The number of hydrogen-bond acceptors (Lipinski definition) is 0. The van der Waals surface area contributed by atoms with Gasteiger partial charge in [0.15, 0.2) is 0 Å².